The maximum absolute atomic E-state index is 16.6. The second-order valence-corrected chi connectivity index (χ2v) is 24.2. The van der Waals surface area contributed by atoms with Gasteiger partial charge in [0.05, 0.1) is 61.5 Å². The normalized spacial score (nSPS) is 24.0. The molecule has 1 aromatic carbocycles. The predicted octanol–water partition coefficient (Wildman–Crippen LogP) is -6.39. The molecule has 1 aliphatic carbocycles. The Bertz CT molecular complexity index is 2820. The van der Waals surface area contributed by atoms with Crippen LogP contribution in [0.4, 0.5) is 0 Å². The zero-order chi connectivity index (χ0) is 67.2. The van der Waals surface area contributed by atoms with E-state index in [9.17, 15) is 34.5 Å². The van der Waals surface area contributed by atoms with Crippen LogP contribution < -0.4 is 77.4 Å². The van der Waals surface area contributed by atoms with Crippen LogP contribution in [0.5, 0.6) is 0 Å². The summed E-state index contributed by atoms with van der Waals surface area (Å²) in [6.45, 7) is -0.502. The van der Waals surface area contributed by atoms with Gasteiger partial charge in [-0.1, -0.05) is 50.1 Å². The van der Waals surface area contributed by atoms with Gasteiger partial charge in [-0.05, 0) is 95.0 Å². The molecule has 6 rings (SSSR count). The molecule has 33 heteroatoms. The number of hydrogen-bond donors (Lipinski definition) is 17. The highest BCUT2D eigenvalue weighted by atomic mass is 16.5. The first-order valence-electron chi connectivity index (χ1n) is 31.7. The number of aliphatic hydroxyl groups is 2. The Labute approximate surface area is 533 Å². The molecular formula is C59H95N19O14. The molecule has 5 fully saturated rings. The topological polar surface area (TPSA) is 551 Å². The van der Waals surface area contributed by atoms with Crippen molar-refractivity contribution in [1.29, 1.82) is 0 Å². The average Bonchev–Trinajstić information content (AvgIpc) is 0.915. The van der Waals surface area contributed by atoms with E-state index in [-0.39, 0.29) is 132 Å². The number of guanidine groups is 3. The number of Topliss-reactive ketones (excluding diaryl/α,β-unsaturated/α-hetero) is 2. The lowest BCUT2D eigenvalue weighted by atomic mass is 9.70. The molecule has 33 nitrogen and oxygen atoms in total. The summed E-state index contributed by atoms with van der Waals surface area (Å²) in [6.07, 6.45) is 1.07. The molecule has 0 radical (unpaired) electrons. The highest BCUT2D eigenvalue weighted by molar-refractivity contribution is 6.21. The summed E-state index contributed by atoms with van der Waals surface area (Å²) in [4.78, 5) is 164. The number of fused-ring (bicyclic) bond motifs is 1. The zero-order valence-corrected chi connectivity index (χ0v) is 52.2. The standard InChI is InChI=1S/C59H95N19O14/c1-2-23-92-35-27-42(71-29-35)53(88)78(54(89)43-25-33-13-6-7-15-38(33)73-43)59(55(90)91,48(83)44(31-79)76-51(86)41(24-32-11-4-3-5-12-32)74-46(81)30-72-50(85)40-26-34(80)28-70-40)36(18-21-69-58(65)66)47(82)45-17-10-22-77(45)52(87)39(16-9-20-68-57(63)64)75-49(84)37(60)14-8-19-67-56(61)62/h3-5,11-12,33-45,70-71,73,79-80H,2,6-10,13-31,60H2,1H3,(H,72,85)(H,74,81)(H,75,84)(H,76,86)(H,90,91)(H4,61,62,67)(H4,63,64,68)(H4,65,66,69)/t33-,34?,35-,36?,37+,38-,39-,40-,41-,42+,43?,44-,45-,59-/m0/s1. The second-order valence-electron chi connectivity index (χ2n) is 24.2. The van der Waals surface area contributed by atoms with Crippen LogP contribution in [0.1, 0.15) is 109 Å². The molecule has 7 amide bonds. The molecule has 0 aromatic heterocycles. The summed E-state index contributed by atoms with van der Waals surface area (Å²) in [6, 6.07) is -4.02. The Morgan fingerprint density at radius 2 is 1.38 bits per heavy atom. The van der Waals surface area contributed by atoms with Crippen molar-refractivity contribution in [2.24, 2.45) is 66.9 Å². The van der Waals surface area contributed by atoms with Crippen LogP contribution in [0.2, 0.25) is 0 Å². The first-order chi connectivity index (χ1) is 43.9. The maximum Gasteiger partial charge on any atom is 0.338 e. The minimum Gasteiger partial charge on any atom is -0.479 e. The summed E-state index contributed by atoms with van der Waals surface area (Å²) < 4.78 is 6.00. The highest BCUT2D eigenvalue weighted by Gasteiger charge is 2.67. The summed E-state index contributed by atoms with van der Waals surface area (Å²) in [7, 11) is 0. The van der Waals surface area contributed by atoms with E-state index in [0.717, 1.165) is 17.7 Å². The number of aliphatic carboxylic acids is 1. The first-order valence-corrected chi connectivity index (χ1v) is 31.7. The number of rotatable bonds is 35. The van der Waals surface area contributed by atoms with E-state index >= 15 is 28.8 Å². The number of aliphatic hydroxyl groups excluding tert-OH is 2. The quantitative estimate of drug-likeness (QED) is 0.00988. The smallest absolute Gasteiger partial charge is 0.338 e. The van der Waals surface area contributed by atoms with E-state index in [2.05, 4.69) is 52.2 Å². The molecule has 3 unspecified atom stereocenters. The number of aliphatic imine (C=N–C) groups is 3. The number of carboxylic acid groups (broad SMARTS) is 1. The lowest BCUT2D eigenvalue weighted by Gasteiger charge is -2.46. The van der Waals surface area contributed by atoms with Crippen molar-refractivity contribution in [3.05, 3.63) is 35.9 Å². The summed E-state index contributed by atoms with van der Waals surface area (Å²) in [5.41, 5.74) is 36.8. The number of likely N-dealkylation sites (tertiary alicyclic amines) is 1. The number of ketones is 2. The predicted molar refractivity (Wildman–Crippen MR) is 336 cm³/mol. The Morgan fingerprint density at radius 3 is 2.01 bits per heavy atom. The van der Waals surface area contributed by atoms with Crippen molar-refractivity contribution in [1.82, 2.24) is 47.0 Å². The Morgan fingerprint density at radius 1 is 0.739 bits per heavy atom. The van der Waals surface area contributed by atoms with Gasteiger partial charge in [0.1, 0.15) is 18.1 Å². The molecule has 4 heterocycles. The minimum atomic E-state index is -3.76. The number of carbonyl (C=O) groups is 10. The summed E-state index contributed by atoms with van der Waals surface area (Å²) in [5.74, 6) is -15.5. The van der Waals surface area contributed by atoms with Crippen molar-refractivity contribution in [2.75, 3.05) is 59.0 Å². The van der Waals surface area contributed by atoms with E-state index < -0.39 is 163 Å². The van der Waals surface area contributed by atoms with Gasteiger partial charge >= 0.3 is 5.97 Å². The average molecular weight is 1290 g/mol. The zero-order valence-electron chi connectivity index (χ0n) is 52.2. The van der Waals surface area contributed by atoms with E-state index in [1.165, 1.54) is 0 Å². The van der Waals surface area contributed by atoms with Gasteiger partial charge in [0.2, 0.25) is 46.9 Å². The number of β-amino-alcohol motifs (C(OH)–C–C–N with tert-alkyl or cyclic N) is 1. The monoisotopic (exact) mass is 1290 g/mol. The number of nitrogens with one attached hydrogen (secondary N) is 7. The third-order valence-corrected chi connectivity index (χ3v) is 17.5. The molecule has 0 bridgehead atoms. The number of imide groups is 1. The van der Waals surface area contributed by atoms with Gasteiger partial charge in [0, 0.05) is 58.3 Å². The van der Waals surface area contributed by atoms with Crippen LogP contribution in [0.25, 0.3) is 0 Å². The van der Waals surface area contributed by atoms with E-state index in [0.29, 0.717) is 24.8 Å². The van der Waals surface area contributed by atoms with Gasteiger partial charge in [-0.25, -0.2) is 4.79 Å². The van der Waals surface area contributed by atoms with Crippen molar-refractivity contribution >= 4 is 76.8 Å². The second kappa shape index (κ2) is 35.2. The van der Waals surface area contributed by atoms with E-state index in [1.54, 1.807) is 30.3 Å². The van der Waals surface area contributed by atoms with Crippen LogP contribution in [-0.4, -0.2) is 233 Å². The largest absolute Gasteiger partial charge is 0.479 e. The third-order valence-electron chi connectivity index (χ3n) is 17.5. The molecule has 14 atom stereocenters. The van der Waals surface area contributed by atoms with Gasteiger partial charge in [0.15, 0.2) is 29.4 Å². The first kappa shape index (κ1) is 73.1. The van der Waals surface area contributed by atoms with Gasteiger partial charge in [0.25, 0.3) is 0 Å². The maximum atomic E-state index is 16.6. The van der Waals surface area contributed by atoms with Crippen LogP contribution in [0.3, 0.4) is 0 Å². The van der Waals surface area contributed by atoms with Crippen molar-refractivity contribution < 1.29 is 68.0 Å². The van der Waals surface area contributed by atoms with Crippen LogP contribution in [0.15, 0.2) is 45.3 Å². The van der Waals surface area contributed by atoms with Crippen molar-refractivity contribution in [2.45, 2.75) is 182 Å². The number of nitrogens with zero attached hydrogens (tertiary/aromatic N) is 5. The summed E-state index contributed by atoms with van der Waals surface area (Å²) in [5, 5.41) is 53.1. The number of nitrogens with two attached hydrogens (primary N) is 7. The molecule has 1 aromatic rings. The molecule has 24 N–H and O–H groups in total. The fourth-order valence-electron chi connectivity index (χ4n) is 12.9. The minimum absolute atomic E-state index is 0.00747. The van der Waals surface area contributed by atoms with Crippen molar-refractivity contribution in [3.8, 4) is 0 Å². The molecule has 0 spiro atoms. The number of carbonyl (C=O) groups excluding carboxylic acids is 9. The number of carboxylic acids is 1. The Kier molecular flexibility index (Phi) is 28.0. The van der Waals surface area contributed by atoms with Crippen LogP contribution >= 0.6 is 0 Å². The third kappa shape index (κ3) is 19.5. The van der Waals surface area contributed by atoms with Gasteiger partial charge in [-0.2, -0.15) is 0 Å². The van der Waals surface area contributed by atoms with E-state index in [4.69, 9.17) is 44.9 Å². The molecule has 4 aliphatic heterocycles. The van der Waals surface area contributed by atoms with Crippen molar-refractivity contribution in [3.63, 3.8) is 0 Å². The lowest BCUT2D eigenvalue weighted by Crippen LogP contribution is -2.76. The molecule has 510 valence electrons. The molecular weight excluding hydrogens is 1200 g/mol. The fraction of sp³-hybridized carbons (Fsp3) is 0.678. The fourth-order valence-corrected chi connectivity index (χ4v) is 12.9. The molecule has 4 saturated heterocycles. The van der Waals surface area contributed by atoms with Gasteiger partial charge in [-0.15, -0.1) is 0 Å². The molecule has 5 aliphatic rings. The van der Waals surface area contributed by atoms with Crippen LogP contribution in [0, 0.1) is 11.8 Å². The number of amides is 7. The SMILES string of the molecule is CCCO[C@@H]1CN[C@@H](C(=O)N(C(=O)C2C[C@@H]3CCCC[C@@H]3N2)[C@](C(=O)O)(C(=O)[C@H](CO)NC(=O)[C@H](Cc2ccccc2)NC(=O)CNC(=O)[C@@H]2CC(O)CN2)C(CCN=C(N)N)C(=O)[C@@H]2CCCN2C(=O)[C@H](CCCN=C(N)N)NC(=O)[C@H](N)CCCN=C(N)N)C1. The van der Waals surface area contributed by atoms with Gasteiger partial charge < -0.3 is 102 Å². The molecule has 92 heavy (non-hydrogen) atoms. The van der Waals surface area contributed by atoms with E-state index in [1.807, 2.05) is 6.92 Å². The number of hydrogen-bond acceptors (Lipinski definition) is 20. The lowest BCUT2D eigenvalue weighted by molar-refractivity contribution is -0.179. The van der Waals surface area contributed by atoms with Crippen LogP contribution in [-0.2, 0) is 59.1 Å². The number of benzene rings is 1. The Hall–Kier alpha value is -7.95. The summed E-state index contributed by atoms with van der Waals surface area (Å²) >= 11 is 0. The Balaban J connectivity index is 1.50. The number of ether oxygens (including phenoxy) is 1. The van der Waals surface area contributed by atoms with Gasteiger partial charge in [-0.3, -0.25) is 63.0 Å². The highest BCUT2D eigenvalue weighted by Crippen LogP contribution is 2.40. The molecule has 1 saturated carbocycles.